The van der Waals surface area contributed by atoms with Crippen molar-refractivity contribution >= 4 is 45.8 Å². The van der Waals surface area contributed by atoms with E-state index in [0.29, 0.717) is 28.0 Å². The number of carbonyl (C=O) groups excluding carboxylic acids is 1. The van der Waals surface area contributed by atoms with Gasteiger partial charge < -0.3 is 19.2 Å². The van der Waals surface area contributed by atoms with E-state index >= 15 is 0 Å². The second-order valence-electron chi connectivity index (χ2n) is 8.85. The summed E-state index contributed by atoms with van der Waals surface area (Å²) in [5.74, 6) is 1.17. The Labute approximate surface area is 178 Å². The summed E-state index contributed by atoms with van der Waals surface area (Å²) in [6, 6.07) is 6.52. The van der Waals surface area contributed by atoms with E-state index in [1.165, 1.54) is 0 Å². The smallest absolute Gasteiger partial charge is 0.298 e. The molecule has 3 heterocycles. The fraction of sp³-hybridized carbons (Fsp3) is 0.619. The van der Waals surface area contributed by atoms with Crippen molar-refractivity contribution in [2.75, 3.05) is 29.5 Å². The van der Waals surface area contributed by atoms with Crippen LogP contribution in [0.1, 0.15) is 38.5 Å². The highest BCUT2D eigenvalue weighted by Gasteiger charge is 2.41. The van der Waals surface area contributed by atoms with Gasteiger partial charge in [-0.2, -0.15) is 4.98 Å². The molecule has 1 amide bonds. The molecule has 2 aliphatic heterocycles. The summed E-state index contributed by atoms with van der Waals surface area (Å²) in [6.07, 6.45) is 6.67. The zero-order valence-electron chi connectivity index (χ0n) is 16.4. The lowest BCUT2D eigenvalue weighted by Gasteiger charge is -2.46. The molecule has 8 heteroatoms. The first kappa shape index (κ1) is 19.5. The van der Waals surface area contributed by atoms with Gasteiger partial charge in [0.15, 0.2) is 5.58 Å². The quantitative estimate of drug-likeness (QED) is 0.746. The van der Waals surface area contributed by atoms with E-state index in [-0.39, 0.29) is 17.9 Å². The largest absolute Gasteiger partial charge is 0.616 e. The lowest BCUT2D eigenvalue weighted by atomic mass is 9.67. The molecular weight excluding hydrogens is 410 g/mol. The Kier molecular flexibility index (Phi) is 5.16. The minimum atomic E-state index is -0.769. The maximum atomic E-state index is 12.2. The molecule has 1 aliphatic carbocycles. The van der Waals surface area contributed by atoms with E-state index in [2.05, 4.69) is 15.2 Å². The van der Waals surface area contributed by atoms with Crippen molar-refractivity contribution in [2.24, 2.45) is 11.3 Å². The Bertz CT molecular complexity index is 896. The number of oxazole rings is 1. The molecule has 3 aliphatic rings. The SMILES string of the molecule is O=C(NC1CCC2(CC1)CCN(c1nc3ccc(Cl)cc3o1)CC2)C1C[S+]([O-])C1. The van der Waals surface area contributed by atoms with Crippen molar-refractivity contribution < 1.29 is 13.8 Å². The molecule has 29 heavy (non-hydrogen) atoms. The van der Waals surface area contributed by atoms with Crippen molar-refractivity contribution in [1.82, 2.24) is 10.3 Å². The molecule has 6 nitrogen and oxygen atoms in total. The van der Waals surface area contributed by atoms with Gasteiger partial charge in [0.05, 0.1) is 0 Å². The number of halogens is 1. The van der Waals surface area contributed by atoms with Gasteiger partial charge in [-0.15, -0.1) is 0 Å². The summed E-state index contributed by atoms with van der Waals surface area (Å²) >= 11 is 5.28. The van der Waals surface area contributed by atoms with Crippen molar-refractivity contribution in [3.05, 3.63) is 23.2 Å². The number of piperidine rings is 1. The lowest BCUT2D eigenvalue weighted by molar-refractivity contribution is -0.125. The zero-order chi connectivity index (χ0) is 20.0. The Morgan fingerprint density at radius 1 is 1.24 bits per heavy atom. The van der Waals surface area contributed by atoms with Crippen LogP contribution in [-0.2, 0) is 16.0 Å². The summed E-state index contributed by atoms with van der Waals surface area (Å²) < 4.78 is 17.1. The van der Waals surface area contributed by atoms with E-state index in [9.17, 15) is 9.35 Å². The zero-order valence-corrected chi connectivity index (χ0v) is 17.9. The van der Waals surface area contributed by atoms with E-state index in [1.807, 2.05) is 18.2 Å². The molecule has 1 spiro atoms. The maximum absolute atomic E-state index is 12.2. The fourth-order valence-electron chi connectivity index (χ4n) is 4.94. The van der Waals surface area contributed by atoms with Gasteiger partial charge in [0, 0.05) is 30.2 Å². The standard InChI is InChI=1S/C21H26ClN3O3S/c22-15-1-2-17-18(11-15)28-20(24-17)25-9-7-21(8-10-25)5-3-16(4-6-21)23-19(26)14-12-29(27)13-14/h1-2,11,14,16H,3-10,12-13H2,(H,23,26). The fourth-order valence-corrected chi connectivity index (χ4v) is 6.20. The molecule has 156 valence electrons. The van der Waals surface area contributed by atoms with Crippen LogP contribution in [0.3, 0.4) is 0 Å². The third-order valence-corrected chi connectivity index (χ3v) is 8.75. The summed E-state index contributed by atoms with van der Waals surface area (Å²) in [5.41, 5.74) is 1.96. The number of nitrogens with zero attached hydrogens (tertiary/aromatic N) is 2. The first-order valence-corrected chi connectivity index (χ1v) is 12.3. The molecule has 3 fully saturated rings. The van der Waals surface area contributed by atoms with Crippen LogP contribution >= 0.6 is 11.6 Å². The monoisotopic (exact) mass is 435 g/mol. The number of nitrogens with one attached hydrogen (secondary N) is 1. The average Bonchev–Trinajstić information content (AvgIpc) is 3.11. The van der Waals surface area contributed by atoms with Crippen molar-refractivity contribution in [1.29, 1.82) is 0 Å². The molecule has 5 rings (SSSR count). The van der Waals surface area contributed by atoms with Gasteiger partial charge in [0.25, 0.3) is 6.01 Å². The first-order valence-electron chi connectivity index (χ1n) is 10.5. The molecule has 1 aromatic heterocycles. The number of hydrogen-bond acceptors (Lipinski definition) is 5. The highest BCUT2D eigenvalue weighted by Crippen LogP contribution is 2.45. The predicted octanol–water partition coefficient (Wildman–Crippen LogP) is 3.51. The number of anilines is 1. The van der Waals surface area contributed by atoms with Gasteiger partial charge in [0.1, 0.15) is 22.9 Å². The summed E-state index contributed by atoms with van der Waals surface area (Å²) in [6.45, 7) is 1.90. The molecular formula is C21H26ClN3O3S. The molecule has 0 atom stereocenters. The van der Waals surface area contributed by atoms with E-state index in [0.717, 1.165) is 62.7 Å². The number of fused-ring (bicyclic) bond motifs is 1. The number of hydrogen-bond donors (Lipinski definition) is 1. The van der Waals surface area contributed by atoms with Gasteiger partial charge in [-0.1, -0.05) is 22.8 Å². The van der Waals surface area contributed by atoms with Gasteiger partial charge in [0.2, 0.25) is 5.91 Å². The van der Waals surface area contributed by atoms with Crippen LogP contribution in [-0.4, -0.2) is 46.1 Å². The Hall–Kier alpha value is -1.44. The Morgan fingerprint density at radius 3 is 2.66 bits per heavy atom. The van der Waals surface area contributed by atoms with Gasteiger partial charge >= 0.3 is 0 Å². The molecule has 1 N–H and O–H groups in total. The molecule has 1 saturated carbocycles. The van der Waals surface area contributed by atoms with Crippen molar-refractivity contribution in [3.8, 4) is 0 Å². The van der Waals surface area contributed by atoms with E-state index < -0.39 is 11.2 Å². The van der Waals surface area contributed by atoms with Crippen LogP contribution in [0.2, 0.25) is 5.02 Å². The van der Waals surface area contributed by atoms with Crippen molar-refractivity contribution in [3.63, 3.8) is 0 Å². The van der Waals surface area contributed by atoms with Crippen LogP contribution in [0.4, 0.5) is 6.01 Å². The second kappa shape index (κ2) is 7.67. The molecule has 0 unspecified atom stereocenters. The number of rotatable bonds is 3. The highest BCUT2D eigenvalue weighted by molar-refractivity contribution is 7.92. The molecule has 2 aromatic rings. The summed E-state index contributed by atoms with van der Waals surface area (Å²) in [5, 5.41) is 3.86. The Morgan fingerprint density at radius 2 is 1.97 bits per heavy atom. The maximum Gasteiger partial charge on any atom is 0.298 e. The third kappa shape index (κ3) is 3.97. The summed E-state index contributed by atoms with van der Waals surface area (Å²) in [4.78, 5) is 19.1. The predicted molar refractivity (Wildman–Crippen MR) is 115 cm³/mol. The lowest BCUT2D eigenvalue weighted by Crippen LogP contribution is -2.51. The number of carbonyl (C=O) groups is 1. The van der Waals surface area contributed by atoms with Crippen LogP contribution in [0.25, 0.3) is 11.1 Å². The van der Waals surface area contributed by atoms with Gasteiger partial charge in [-0.25, -0.2) is 0 Å². The number of amides is 1. The van der Waals surface area contributed by atoms with Crippen LogP contribution < -0.4 is 10.2 Å². The molecule has 1 aromatic carbocycles. The third-order valence-electron chi connectivity index (χ3n) is 6.97. The first-order chi connectivity index (χ1) is 14.0. The molecule has 0 bridgehead atoms. The van der Waals surface area contributed by atoms with Crippen molar-refractivity contribution in [2.45, 2.75) is 44.6 Å². The van der Waals surface area contributed by atoms with Gasteiger partial charge in [-0.3, -0.25) is 4.79 Å². The second-order valence-corrected chi connectivity index (χ2v) is 10.8. The van der Waals surface area contributed by atoms with E-state index in [1.54, 1.807) is 0 Å². The minimum absolute atomic E-state index is 0.0267. The average molecular weight is 436 g/mol. The normalized spacial score (nSPS) is 27.2. The molecule has 2 saturated heterocycles. The Balaban J connectivity index is 1.14. The topological polar surface area (TPSA) is 81.4 Å². The number of benzene rings is 1. The highest BCUT2D eigenvalue weighted by atomic mass is 35.5. The minimum Gasteiger partial charge on any atom is -0.616 e. The summed E-state index contributed by atoms with van der Waals surface area (Å²) in [7, 11) is 0. The van der Waals surface area contributed by atoms with Gasteiger partial charge in [-0.05, 0) is 56.1 Å². The van der Waals surface area contributed by atoms with E-state index in [4.69, 9.17) is 16.0 Å². The van der Waals surface area contributed by atoms with Crippen LogP contribution in [0.15, 0.2) is 22.6 Å². The number of aromatic nitrogens is 1. The molecule has 0 radical (unpaired) electrons. The van der Waals surface area contributed by atoms with Crippen LogP contribution in [0, 0.1) is 11.3 Å². The van der Waals surface area contributed by atoms with Crippen LogP contribution in [0.5, 0.6) is 0 Å².